The van der Waals surface area contributed by atoms with Gasteiger partial charge in [-0.25, -0.2) is 0 Å². The van der Waals surface area contributed by atoms with E-state index in [4.69, 9.17) is 12.8 Å². The number of hydrogen-bond donors (Lipinski definition) is 0. The maximum Gasteiger partial charge on any atom is 0.145 e. The molecule has 0 heterocycles. The van der Waals surface area contributed by atoms with Crippen molar-refractivity contribution >= 4 is 11.6 Å². The first-order chi connectivity index (χ1) is 5.70. The third-order valence-electron chi connectivity index (χ3n) is 1.28. The summed E-state index contributed by atoms with van der Waals surface area (Å²) in [4.78, 5) is 21.6. The first kappa shape index (κ1) is 10.5. The summed E-state index contributed by atoms with van der Waals surface area (Å²) in [6.45, 7) is 0. The zero-order valence-corrected chi connectivity index (χ0v) is 6.80. The number of Topliss-reactive ketones (excluding diaryl/α,β-unsaturated/α-hetero) is 2. The van der Waals surface area contributed by atoms with E-state index >= 15 is 0 Å². The van der Waals surface area contributed by atoms with Gasteiger partial charge in [-0.3, -0.25) is 9.59 Å². The maximum atomic E-state index is 10.8. The van der Waals surface area contributed by atoms with Crippen LogP contribution in [0.2, 0.25) is 0 Å². The van der Waals surface area contributed by atoms with Gasteiger partial charge in [0.15, 0.2) is 0 Å². The van der Waals surface area contributed by atoms with Gasteiger partial charge in [0.05, 0.1) is 12.8 Å². The third kappa shape index (κ3) is 5.26. The molecular formula is C10H10O2. The van der Waals surface area contributed by atoms with Crippen LogP contribution in [0, 0.1) is 24.7 Å². The largest absolute Gasteiger partial charge is 0.299 e. The molecule has 0 spiro atoms. The summed E-state index contributed by atoms with van der Waals surface area (Å²) in [6, 6.07) is 0. The Morgan fingerprint density at radius 3 is 1.50 bits per heavy atom. The Morgan fingerprint density at radius 1 is 0.917 bits per heavy atom. The van der Waals surface area contributed by atoms with Crippen LogP contribution in [-0.4, -0.2) is 11.6 Å². The van der Waals surface area contributed by atoms with Gasteiger partial charge in [-0.15, -0.1) is 12.8 Å². The molecule has 2 heteroatoms. The molecule has 0 aromatic heterocycles. The van der Waals surface area contributed by atoms with Gasteiger partial charge in [-0.2, -0.15) is 0 Å². The lowest BCUT2D eigenvalue weighted by atomic mass is 10.1. The number of carbonyl (C=O) groups is 2. The molecule has 0 atom stereocenters. The van der Waals surface area contributed by atoms with Crippen molar-refractivity contribution in [1.82, 2.24) is 0 Å². The zero-order valence-electron chi connectivity index (χ0n) is 6.80. The molecule has 0 aromatic rings. The van der Waals surface area contributed by atoms with Crippen LogP contribution in [0.5, 0.6) is 0 Å². The van der Waals surface area contributed by atoms with Crippen molar-refractivity contribution < 1.29 is 9.59 Å². The van der Waals surface area contributed by atoms with E-state index in [1.54, 1.807) is 0 Å². The van der Waals surface area contributed by atoms with Crippen molar-refractivity contribution in [3.63, 3.8) is 0 Å². The highest BCUT2D eigenvalue weighted by Gasteiger charge is 2.04. The third-order valence-corrected chi connectivity index (χ3v) is 1.28. The van der Waals surface area contributed by atoms with E-state index in [-0.39, 0.29) is 37.2 Å². The predicted octanol–water partition coefficient (Wildman–Crippen LogP) is 0.951. The highest BCUT2D eigenvalue weighted by molar-refractivity contribution is 5.87. The second-order valence-corrected chi connectivity index (χ2v) is 2.34. The molecule has 0 saturated carbocycles. The predicted molar refractivity (Wildman–Crippen MR) is 46.1 cm³/mol. The molecule has 0 bridgehead atoms. The fourth-order valence-corrected chi connectivity index (χ4v) is 0.683. The topological polar surface area (TPSA) is 34.1 Å². The van der Waals surface area contributed by atoms with E-state index in [1.807, 2.05) is 0 Å². The molecule has 2 nitrogen and oxygen atoms in total. The van der Waals surface area contributed by atoms with Crippen LogP contribution in [0.25, 0.3) is 0 Å². The normalized spacial score (nSPS) is 8.17. The molecule has 0 fully saturated rings. The number of rotatable bonds is 5. The van der Waals surface area contributed by atoms with Crippen LogP contribution in [0.3, 0.4) is 0 Å². The highest BCUT2D eigenvalue weighted by atomic mass is 16.1. The minimum Gasteiger partial charge on any atom is -0.299 e. The molecule has 0 aliphatic rings. The Morgan fingerprint density at radius 2 is 1.25 bits per heavy atom. The molecule has 0 unspecified atom stereocenters. The highest BCUT2D eigenvalue weighted by Crippen LogP contribution is 1.97. The summed E-state index contributed by atoms with van der Waals surface area (Å²) in [5.74, 6) is 4.28. The smallest absolute Gasteiger partial charge is 0.145 e. The standard InChI is InChI=1S/C10H10O2/c1-3-5-9(11)7-8-10(12)6-4-2/h1-2H,5-8H2. The van der Waals surface area contributed by atoms with Crippen LogP contribution >= 0.6 is 0 Å². The quantitative estimate of drug-likeness (QED) is 0.564. The summed E-state index contributed by atoms with van der Waals surface area (Å²) in [7, 11) is 0. The number of ketones is 2. The molecule has 62 valence electrons. The molecule has 0 aliphatic carbocycles. The Hall–Kier alpha value is -1.54. The maximum absolute atomic E-state index is 10.8. The van der Waals surface area contributed by atoms with E-state index in [0.29, 0.717) is 0 Å². The van der Waals surface area contributed by atoms with E-state index in [9.17, 15) is 9.59 Å². The van der Waals surface area contributed by atoms with E-state index in [0.717, 1.165) is 0 Å². The summed E-state index contributed by atoms with van der Waals surface area (Å²) in [6.07, 6.45) is 10.4. The average Bonchev–Trinajstić information content (AvgIpc) is 2.02. The summed E-state index contributed by atoms with van der Waals surface area (Å²) in [5.41, 5.74) is 0. The van der Waals surface area contributed by atoms with Crippen LogP contribution < -0.4 is 0 Å². The van der Waals surface area contributed by atoms with Crippen molar-refractivity contribution in [3.05, 3.63) is 0 Å². The Kier molecular flexibility index (Phi) is 5.39. The van der Waals surface area contributed by atoms with Gasteiger partial charge in [0, 0.05) is 12.8 Å². The van der Waals surface area contributed by atoms with Gasteiger partial charge < -0.3 is 0 Å². The van der Waals surface area contributed by atoms with Crippen LogP contribution in [-0.2, 0) is 9.59 Å². The number of terminal acetylenes is 2. The lowest BCUT2D eigenvalue weighted by Crippen LogP contribution is -2.02. The molecule has 0 rings (SSSR count). The monoisotopic (exact) mass is 162 g/mol. The Bertz CT molecular complexity index is 222. The lowest BCUT2D eigenvalue weighted by molar-refractivity contribution is -0.123. The Labute approximate surface area is 72.3 Å². The van der Waals surface area contributed by atoms with Crippen molar-refractivity contribution in [2.45, 2.75) is 25.7 Å². The van der Waals surface area contributed by atoms with Gasteiger partial charge in [0.25, 0.3) is 0 Å². The van der Waals surface area contributed by atoms with Gasteiger partial charge >= 0.3 is 0 Å². The molecule has 0 saturated heterocycles. The molecule has 0 N–H and O–H groups in total. The summed E-state index contributed by atoms with van der Waals surface area (Å²) < 4.78 is 0. The summed E-state index contributed by atoms with van der Waals surface area (Å²) in [5, 5.41) is 0. The SMILES string of the molecule is C#CCC(=O)CCC(=O)CC#C. The van der Waals surface area contributed by atoms with Gasteiger partial charge in [0.1, 0.15) is 11.6 Å². The molecule has 12 heavy (non-hydrogen) atoms. The van der Waals surface area contributed by atoms with E-state index in [1.165, 1.54) is 0 Å². The van der Waals surface area contributed by atoms with Crippen LogP contribution in [0.1, 0.15) is 25.7 Å². The van der Waals surface area contributed by atoms with Crippen LogP contribution in [0.4, 0.5) is 0 Å². The number of carbonyl (C=O) groups excluding carboxylic acids is 2. The minimum absolute atomic E-state index is 0.0807. The molecule has 0 aromatic carbocycles. The lowest BCUT2D eigenvalue weighted by Gasteiger charge is -1.93. The second kappa shape index (κ2) is 6.19. The van der Waals surface area contributed by atoms with E-state index < -0.39 is 0 Å². The molecule has 0 aliphatic heterocycles. The van der Waals surface area contributed by atoms with Crippen molar-refractivity contribution in [2.75, 3.05) is 0 Å². The second-order valence-electron chi connectivity index (χ2n) is 2.34. The van der Waals surface area contributed by atoms with Crippen molar-refractivity contribution in [3.8, 4) is 24.7 Å². The van der Waals surface area contributed by atoms with E-state index in [2.05, 4.69) is 11.8 Å². The van der Waals surface area contributed by atoms with Gasteiger partial charge in [0.2, 0.25) is 0 Å². The van der Waals surface area contributed by atoms with Crippen molar-refractivity contribution in [1.29, 1.82) is 0 Å². The summed E-state index contributed by atoms with van der Waals surface area (Å²) >= 11 is 0. The van der Waals surface area contributed by atoms with Crippen molar-refractivity contribution in [2.24, 2.45) is 0 Å². The Balaban J connectivity index is 3.57. The molecule has 0 amide bonds. The first-order valence-corrected chi connectivity index (χ1v) is 3.61. The molecule has 0 radical (unpaired) electrons. The number of hydrogen-bond acceptors (Lipinski definition) is 2. The van der Waals surface area contributed by atoms with Gasteiger partial charge in [-0.05, 0) is 0 Å². The van der Waals surface area contributed by atoms with Gasteiger partial charge in [-0.1, -0.05) is 11.8 Å². The van der Waals surface area contributed by atoms with Crippen LogP contribution in [0.15, 0.2) is 0 Å². The molecular weight excluding hydrogens is 152 g/mol. The fourth-order valence-electron chi connectivity index (χ4n) is 0.683. The first-order valence-electron chi connectivity index (χ1n) is 3.61. The fraction of sp³-hybridized carbons (Fsp3) is 0.400. The average molecular weight is 162 g/mol. The zero-order chi connectivity index (χ0) is 9.40. The minimum atomic E-state index is -0.0807.